The summed E-state index contributed by atoms with van der Waals surface area (Å²) in [5, 5.41) is 0.188. The van der Waals surface area contributed by atoms with Crippen LogP contribution in [0.15, 0.2) is 0 Å². The van der Waals surface area contributed by atoms with Crippen molar-refractivity contribution >= 4 is 29.1 Å². The van der Waals surface area contributed by atoms with Crippen molar-refractivity contribution in [2.75, 3.05) is 59.3 Å². The molecule has 0 aliphatic heterocycles. The molecule has 0 aliphatic rings. The predicted molar refractivity (Wildman–Crippen MR) is 244 cm³/mol. The molecular weight excluding hydrogens is 733 g/mol. The van der Waals surface area contributed by atoms with Crippen LogP contribution in [0.25, 0.3) is 0 Å². The number of amides is 1. The summed E-state index contributed by atoms with van der Waals surface area (Å²) in [5.74, 6) is 1.21. The van der Waals surface area contributed by atoms with Gasteiger partial charge in [-0.2, -0.15) is 0 Å². The fraction of sp³-hybridized carbons (Fsp3) is 0.938. The Bertz CT molecular complexity index is 919. The Balaban J connectivity index is 4.49. The zero-order chi connectivity index (χ0) is 42.2. The molecule has 0 fully saturated rings. The van der Waals surface area contributed by atoms with Crippen molar-refractivity contribution < 1.29 is 28.6 Å². The highest BCUT2D eigenvalue weighted by atomic mass is 32.2. The first kappa shape index (κ1) is 55.5. The van der Waals surface area contributed by atoms with Gasteiger partial charge >= 0.3 is 12.1 Å². The van der Waals surface area contributed by atoms with Crippen LogP contribution in [0.2, 0.25) is 0 Å². The fourth-order valence-electron chi connectivity index (χ4n) is 7.18. The summed E-state index contributed by atoms with van der Waals surface area (Å²) in [6, 6.07) is 0. The summed E-state index contributed by atoms with van der Waals surface area (Å²) in [4.78, 5) is 42.1. The maximum atomic E-state index is 13.2. The number of carbonyl (C=O) groups excluding carboxylic acids is 3. The van der Waals surface area contributed by atoms with Crippen molar-refractivity contribution in [2.24, 2.45) is 11.3 Å². The predicted octanol–water partition coefficient (Wildman–Crippen LogP) is 14.4. The lowest BCUT2D eigenvalue weighted by atomic mass is 9.88. The van der Waals surface area contributed by atoms with Gasteiger partial charge in [-0.15, -0.1) is 0 Å². The summed E-state index contributed by atoms with van der Waals surface area (Å²) in [6.07, 6.45) is 32.2. The first-order valence-corrected chi connectivity index (χ1v) is 25.0. The van der Waals surface area contributed by atoms with Crippen LogP contribution < -0.4 is 0 Å². The van der Waals surface area contributed by atoms with Crippen LogP contribution in [0.4, 0.5) is 9.59 Å². The summed E-state index contributed by atoms with van der Waals surface area (Å²) in [5.41, 5.74) is -0.0441. The minimum absolute atomic E-state index is 0.0441. The van der Waals surface area contributed by atoms with Crippen LogP contribution in [-0.2, 0) is 19.0 Å². The van der Waals surface area contributed by atoms with Gasteiger partial charge in [0.05, 0.1) is 19.8 Å². The number of ether oxygens (including phenoxy) is 3. The van der Waals surface area contributed by atoms with E-state index in [1.165, 1.54) is 108 Å². The van der Waals surface area contributed by atoms with E-state index in [9.17, 15) is 14.4 Å². The molecular formula is C48H94N2O6S. The van der Waals surface area contributed by atoms with Gasteiger partial charge in [0, 0.05) is 25.3 Å². The average molecular weight is 827 g/mol. The molecule has 0 rings (SSSR count). The van der Waals surface area contributed by atoms with Gasteiger partial charge in [0.15, 0.2) is 0 Å². The highest BCUT2D eigenvalue weighted by Crippen LogP contribution is 2.25. The Morgan fingerprint density at radius 1 is 0.561 bits per heavy atom. The van der Waals surface area contributed by atoms with E-state index in [0.29, 0.717) is 32.2 Å². The van der Waals surface area contributed by atoms with Crippen LogP contribution in [0.1, 0.15) is 221 Å². The highest BCUT2D eigenvalue weighted by Gasteiger charge is 2.21. The van der Waals surface area contributed by atoms with Crippen LogP contribution in [-0.4, -0.2) is 86.5 Å². The fourth-order valence-corrected chi connectivity index (χ4v) is 7.99. The molecule has 0 aromatic rings. The van der Waals surface area contributed by atoms with Gasteiger partial charge in [0.2, 0.25) is 0 Å². The van der Waals surface area contributed by atoms with E-state index in [2.05, 4.69) is 58.5 Å². The van der Waals surface area contributed by atoms with Crippen molar-refractivity contribution in [3.63, 3.8) is 0 Å². The van der Waals surface area contributed by atoms with E-state index >= 15 is 0 Å². The maximum Gasteiger partial charge on any atom is 0.508 e. The van der Waals surface area contributed by atoms with E-state index in [1.807, 2.05) is 0 Å². The molecule has 57 heavy (non-hydrogen) atoms. The number of thioether (sulfide) groups is 1. The van der Waals surface area contributed by atoms with Crippen LogP contribution in [0, 0.1) is 11.3 Å². The standard InChI is InChI=1S/C48H94N2O6S/c1-8-11-14-17-18-21-27-35-45(51)56-43-48(4,5)36-28-24-30-39-50(46(52)57-41-32-37-49(6)7)38-29-22-23-31-40-54-47(53)55-42-44(33-25-19-15-12-9-2)34-26-20-16-13-10-3/h44H,8-43H2,1-7H3. The second kappa shape index (κ2) is 40.0. The summed E-state index contributed by atoms with van der Waals surface area (Å²) >= 11 is 1.45. The van der Waals surface area contributed by atoms with Crippen LogP contribution in [0.5, 0.6) is 0 Å². The van der Waals surface area contributed by atoms with Gasteiger partial charge in [-0.3, -0.25) is 9.59 Å². The molecule has 0 N–H and O–H groups in total. The van der Waals surface area contributed by atoms with Crippen LogP contribution in [0.3, 0.4) is 0 Å². The summed E-state index contributed by atoms with van der Waals surface area (Å²) in [7, 11) is 4.14. The summed E-state index contributed by atoms with van der Waals surface area (Å²) < 4.78 is 16.7. The zero-order valence-corrected chi connectivity index (χ0v) is 39.6. The minimum Gasteiger partial charge on any atom is -0.465 e. The molecule has 0 aromatic carbocycles. The molecule has 0 bridgehead atoms. The van der Waals surface area contributed by atoms with Gasteiger partial charge < -0.3 is 24.0 Å². The topological polar surface area (TPSA) is 85.4 Å². The van der Waals surface area contributed by atoms with Crippen molar-refractivity contribution in [2.45, 2.75) is 221 Å². The number of rotatable bonds is 41. The molecule has 0 atom stereocenters. The average Bonchev–Trinajstić information content (AvgIpc) is 3.18. The first-order chi connectivity index (χ1) is 27.5. The lowest BCUT2D eigenvalue weighted by molar-refractivity contribution is -0.147. The van der Waals surface area contributed by atoms with Gasteiger partial charge in [0.1, 0.15) is 0 Å². The smallest absolute Gasteiger partial charge is 0.465 e. The lowest BCUT2D eigenvalue weighted by Gasteiger charge is -2.25. The minimum atomic E-state index is -0.525. The Hall–Kier alpha value is -1.48. The molecule has 0 aromatic heterocycles. The molecule has 338 valence electrons. The van der Waals surface area contributed by atoms with E-state index < -0.39 is 6.16 Å². The Morgan fingerprint density at radius 2 is 1.07 bits per heavy atom. The number of carbonyl (C=O) groups is 3. The second-order valence-electron chi connectivity index (χ2n) is 17.9. The molecule has 8 nitrogen and oxygen atoms in total. The first-order valence-electron chi connectivity index (χ1n) is 24.1. The normalized spacial score (nSPS) is 11.7. The number of unbranched alkanes of at least 4 members (excludes halogenated alkanes) is 19. The molecule has 0 aliphatic carbocycles. The Morgan fingerprint density at radius 3 is 1.65 bits per heavy atom. The van der Waals surface area contributed by atoms with Crippen LogP contribution >= 0.6 is 11.8 Å². The quantitative estimate of drug-likeness (QED) is 0.0445. The second-order valence-corrected chi connectivity index (χ2v) is 18.9. The van der Waals surface area contributed by atoms with Crippen molar-refractivity contribution in [3.8, 4) is 0 Å². The molecule has 0 saturated heterocycles. The van der Waals surface area contributed by atoms with E-state index in [1.54, 1.807) is 0 Å². The third-order valence-corrected chi connectivity index (χ3v) is 12.0. The molecule has 9 heteroatoms. The molecule has 0 saturated carbocycles. The number of hydrogen-bond donors (Lipinski definition) is 0. The Labute approximate surface area is 357 Å². The van der Waals surface area contributed by atoms with Crippen molar-refractivity contribution in [1.82, 2.24) is 9.80 Å². The molecule has 0 spiro atoms. The number of hydrogen-bond acceptors (Lipinski definition) is 8. The van der Waals surface area contributed by atoms with Gasteiger partial charge in [-0.1, -0.05) is 168 Å². The van der Waals surface area contributed by atoms with Gasteiger partial charge in [-0.25, -0.2) is 4.79 Å². The molecule has 0 unspecified atom stereocenters. The van der Waals surface area contributed by atoms with Gasteiger partial charge in [-0.05, 0) is 89.8 Å². The molecule has 1 amide bonds. The maximum absolute atomic E-state index is 13.2. The number of esters is 1. The SMILES string of the molecule is CCCCCCCCCC(=O)OCC(C)(C)CCCCCN(CCCCCCOC(=O)OCC(CCCCCCC)CCCCCCC)C(=O)SCCCN(C)C. The van der Waals surface area contributed by atoms with E-state index in [-0.39, 0.29) is 16.6 Å². The van der Waals surface area contributed by atoms with E-state index in [0.717, 1.165) is 109 Å². The van der Waals surface area contributed by atoms with Crippen molar-refractivity contribution in [1.29, 1.82) is 0 Å². The molecule has 0 radical (unpaired) electrons. The third-order valence-electron chi connectivity index (χ3n) is 11.0. The largest absolute Gasteiger partial charge is 0.508 e. The molecule has 0 heterocycles. The third kappa shape index (κ3) is 38.5. The summed E-state index contributed by atoms with van der Waals surface area (Å²) in [6.45, 7) is 15.0. The highest BCUT2D eigenvalue weighted by molar-refractivity contribution is 8.13. The lowest BCUT2D eigenvalue weighted by Crippen LogP contribution is -2.30. The van der Waals surface area contributed by atoms with Crippen molar-refractivity contribution in [3.05, 3.63) is 0 Å². The number of nitrogens with zero attached hydrogens (tertiary/aromatic N) is 2. The Kier molecular flexibility index (Phi) is 38.9. The van der Waals surface area contributed by atoms with E-state index in [4.69, 9.17) is 14.2 Å². The zero-order valence-electron chi connectivity index (χ0n) is 38.8. The monoisotopic (exact) mass is 827 g/mol. The van der Waals surface area contributed by atoms with Gasteiger partial charge in [0.25, 0.3) is 5.24 Å².